The SMILES string of the molecule is COC[C@@H]1CN(c2nnc(Cc3ccc(F)cc3)s2)CCO1. The molecule has 0 saturated carbocycles. The van der Waals surface area contributed by atoms with Crippen molar-refractivity contribution in [3.63, 3.8) is 0 Å². The highest BCUT2D eigenvalue weighted by molar-refractivity contribution is 7.15. The van der Waals surface area contributed by atoms with Crippen molar-refractivity contribution in [2.24, 2.45) is 0 Å². The Balaban J connectivity index is 1.64. The van der Waals surface area contributed by atoms with E-state index in [1.165, 1.54) is 12.1 Å². The Morgan fingerprint density at radius 2 is 2.18 bits per heavy atom. The summed E-state index contributed by atoms with van der Waals surface area (Å²) in [4.78, 5) is 2.18. The first-order chi connectivity index (χ1) is 10.7. The fourth-order valence-electron chi connectivity index (χ4n) is 2.40. The van der Waals surface area contributed by atoms with Gasteiger partial charge in [-0.2, -0.15) is 0 Å². The molecule has 1 aromatic heterocycles. The van der Waals surface area contributed by atoms with Crippen LogP contribution in [0.5, 0.6) is 0 Å². The Kier molecular flexibility index (Phi) is 4.97. The van der Waals surface area contributed by atoms with E-state index in [2.05, 4.69) is 15.1 Å². The molecule has 0 amide bonds. The molecule has 0 radical (unpaired) electrons. The number of ether oxygens (including phenoxy) is 2. The second-order valence-electron chi connectivity index (χ2n) is 5.18. The van der Waals surface area contributed by atoms with E-state index in [1.54, 1.807) is 30.6 Å². The van der Waals surface area contributed by atoms with Crippen LogP contribution < -0.4 is 4.90 Å². The Bertz CT molecular complexity index is 603. The monoisotopic (exact) mass is 323 g/mol. The zero-order valence-electron chi connectivity index (χ0n) is 12.4. The van der Waals surface area contributed by atoms with Crippen molar-refractivity contribution in [2.75, 3.05) is 38.3 Å². The molecule has 1 fully saturated rings. The molecule has 2 aromatic rings. The number of aromatic nitrogens is 2. The van der Waals surface area contributed by atoms with Crippen molar-refractivity contribution in [3.05, 3.63) is 40.7 Å². The maximum Gasteiger partial charge on any atom is 0.208 e. The molecule has 3 rings (SSSR count). The molecule has 1 aliphatic rings. The highest BCUT2D eigenvalue weighted by Gasteiger charge is 2.23. The Morgan fingerprint density at radius 1 is 1.36 bits per heavy atom. The quantitative estimate of drug-likeness (QED) is 0.843. The predicted octanol–water partition coefficient (Wildman–Crippen LogP) is 2.12. The highest BCUT2D eigenvalue weighted by atomic mass is 32.1. The number of anilines is 1. The molecular formula is C15H18FN3O2S. The second kappa shape index (κ2) is 7.13. The lowest BCUT2D eigenvalue weighted by molar-refractivity contribution is -0.0100. The number of nitrogens with zero attached hydrogens (tertiary/aromatic N) is 3. The van der Waals surface area contributed by atoms with Gasteiger partial charge in [0.15, 0.2) is 0 Å². The standard InChI is InChI=1S/C15H18FN3O2S/c1-20-10-13-9-19(6-7-21-13)15-18-17-14(22-15)8-11-2-4-12(16)5-3-11/h2-5,13H,6-10H2,1H3/t13-/m0/s1. The van der Waals surface area contributed by atoms with Gasteiger partial charge in [-0.25, -0.2) is 4.39 Å². The van der Waals surface area contributed by atoms with Crippen LogP contribution in [0, 0.1) is 5.82 Å². The van der Waals surface area contributed by atoms with E-state index in [-0.39, 0.29) is 11.9 Å². The average Bonchev–Trinajstić information content (AvgIpc) is 2.99. The van der Waals surface area contributed by atoms with Crippen molar-refractivity contribution in [2.45, 2.75) is 12.5 Å². The van der Waals surface area contributed by atoms with E-state index < -0.39 is 0 Å². The molecule has 7 heteroatoms. The molecule has 1 aromatic carbocycles. The molecule has 1 aliphatic heterocycles. The lowest BCUT2D eigenvalue weighted by atomic mass is 10.2. The third kappa shape index (κ3) is 3.79. The summed E-state index contributed by atoms with van der Waals surface area (Å²) in [7, 11) is 1.67. The number of benzene rings is 1. The van der Waals surface area contributed by atoms with Gasteiger partial charge in [-0.1, -0.05) is 23.5 Å². The van der Waals surface area contributed by atoms with Crippen LogP contribution >= 0.6 is 11.3 Å². The van der Waals surface area contributed by atoms with Crippen LogP contribution in [0.1, 0.15) is 10.6 Å². The lowest BCUT2D eigenvalue weighted by Gasteiger charge is -2.31. The smallest absolute Gasteiger partial charge is 0.208 e. The molecule has 2 heterocycles. The molecule has 118 valence electrons. The van der Waals surface area contributed by atoms with Crippen molar-refractivity contribution < 1.29 is 13.9 Å². The highest BCUT2D eigenvalue weighted by Crippen LogP contribution is 2.24. The minimum atomic E-state index is -0.223. The van der Waals surface area contributed by atoms with Gasteiger partial charge in [0.25, 0.3) is 0 Å². The van der Waals surface area contributed by atoms with Crippen LogP contribution in [-0.4, -0.2) is 49.7 Å². The van der Waals surface area contributed by atoms with Gasteiger partial charge < -0.3 is 14.4 Å². The molecule has 1 atom stereocenters. The summed E-state index contributed by atoms with van der Waals surface area (Å²) in [5, 5.41) is 10.3. The van der Waals surface area contributed by atoms with Crippen molar-refractivity contribution in [1.82, 2.24) is 10.2 Å². The molecule has 0 unspecified atom stereocenters. The van der Waals surface area contributed by atoms with E-state index >= 15 is 0 Å². The van der Waals surface area contributed by atoms with E-state index in [0.29, 0.717) is 19.6 Å². The Labute approximate surface area is 132 Å². The molecule has 0 N–H and O–H groups in total. The molecule has 0 aliphatic carbocycles. The van der Waals surface area contributed by atoms with Gasteiger partial charge in [0, 0.05) is 26.6 Å². The first kappa shape index (κ1) is 15.3. The summed E-state index contributed by atoms with van der Waals surface area (Å²) in [6, 6.07) is 6.49. The van der Waals surface area contributed by atoms with Gasteiger partial charge >= 0.3 is 0 Å². The van der Waals surface area contributed by atoms with E-state index in [1.807, 2.05) is 0 Å². The maximum atomic E-state index is 12.9. The predicted molar refractivity (Wildman–Crippen MR) is 82.9 cm³/mol. The number of halogens is 1. The van der Waals surface area contributed by atoms with E-state index in [0.717, 1.165) is 28.8 Å². The van der Waals surface area contributed by atoms with E-state index in [4.69, 9.17) is 9.47 Å². The first-order valence-electron chi connectivity index (χ1n) is 7.17. The number of methoxy groups -OCH3 is 1. The van der Waals surface area contributed by atoms with Crippen LogP contribution in [-0.2, 0) is 15.9 Å². The molecule has 1 saturated heterocycles. The first-order valence-corrected chi connectivity index (χ1v) is 7.98. The number of rotatable bonds is 5. The van der Waals surface area contributed by atoms with Gasteiger partial charge in [0.05, 0.1) is 19.3 Å². The Morgan fingerprint density at radius 3 is 2.95 bits per heavy atom. The van der Waals surface area contributed by atoms with Gasteiger partial charge in [0.1, 0.15) is 10.8 Å². The summed E-state index contributed by atoms with van der Waals surface area (Å²) in [6.07, 6.45) is 0.743. The largest absolute Gasteiger partial charge is 0.382 e. The normalized spacial score (nSPS) is 18.6. The summed E-state index contributed by atoms with van der Waals surface area (Å²) in [5.74, 6) is -0.223. The van der Waals surface area contributed by atoms with Crippen molar-refractivity contribution in [1.29, 1.82) is 0 Å². The van der Waals surface area contributed by atoms with Gasteiger partial charge in [-0.05, 0) is 17.7 Å². The topological polar surface area (TPSA) is 47.5 Å². The average molecular weight is 323 g/mol. The maximum absolute atomic E-state index is 12.9. The van der Waals surface area contributed by atoms with Crippen molar-refractivity contribution in [3.8, 4) is 0 Å². The van der Waals surface area contributed by atoms with Crippen LogP contribution in [0.15, 0.2) is 24.3 Å². The summed E-state index contributed by atoms with van der Waals surface area (Å²) in [6.45, 7) is 2.82. The third-order valence-electron chi connectivity index (χ3n) is 3.49. The molecule has 0 spiro atoms. The minimum absolute atomic E-state index is 0.0724. The Hall–Kier alpha value is -1.57. The van der Waals surface area contributed by atoms with Gasteiger partial charge in [-0.3, -0.25) is 0 Å². The minimum Gasteiger partial charge on any atom is -0.382 e. The summed E-state index contributed by atoms with van der Waals surface area (Å²) in [5.41, 5.74) is 1.03. The zero-order valence-corrected chi connectivity index (χ0v) is 13.2. The van der Waals surface area contributed by atoms with Crippen LogP contribution in [0.3, 0.4) is 0 Å². The number of morpholine rings is 1. The zero-order chi connectivity index (χ0) is 15.4. The molecule has 22 heavy (non-hydrogen) atoms. The van der Waals surface area contributed by atoms with Gasteiger partial charge in [0.2, 0.25) is 5.13 Å². The van der Waals surface area contributed by atoms with E-state index in [9.17, 15) is 4.39 Å². The number of hydrogen-bond acceptors (Lipinski definition) is 6. The fraction of sp³-hybridized carbons (Fsp3) is 0.467. The van der Waals surface area contributed by atoms with Crippen LogP contribution in [0.4, 0.5) is 9.52 Å². The molecule has 5 nitrogen and oxygen atoms in total. The summed E-state index contributed by atoms with van der Waals surface area (Å²) >= 11 is 1.57. The van der Waals surface area contributed by atoms with Crippen LogP contribution in [0.25, 0.3) is 0 Å². The lowest BCUT2D eigenvalue weighted by Crippen LogP contribution is -2.44. The third-order valence-corrected chi connectivity index (χ3v) is 4.47. The van der Waals surface area contributed by atoms with Crippen molar-refractivity contribution >= 4 is 16.5 Å². The van der Waals surface area contributed by atoms with Crippen LogP contribution in [0.2, 0.25) is 0 Å². The number of hydrogen-bond donors (Lipinski definition) is 0. The molecular weight excluding hydrogens is 305 g/mol. The second-order valence-corrected chi connectivity index (χ2v) is 6.22. The molecule has 0 bridgehead atoms. The summed E-state index contributed by atoms with van der Waals surface area (Å²) < 4.78 is 23.7. The fourth-order valence-corrected chi connectivity index (χ4v) is 3.31. The van der Waals surface area contributed by atoms with Gasteiger partial charge in [-0.15, -0.1) is 10.2 Å².